The molecule has 0 aromatic heterocycles. The minimum atomic E-state index is -0.962. The van der Waals surface area contributed by atoms with Gasteiger partial charge in [-0.15, -0.1) is 0 Å². The molecule has 14 heavy (non-hydrogen) atoms. The Hall–Kier alpha value is -0.970. The second-order valence-corrected chi connectivity index (χ2v) is 3.74. The molecule has 0 fully saturated rings. The molecule has 5 heteroatoms. The Morgan fingerprint density at radius 2 is 1.79 bits per heavy atom. The zero-order valence-electron chi connectivity index (χ0n) is 7.08. The van der Waals surface area contributed by atoms with Gasteiger partial charge in [0.05, 0.1) is 0 Å². The Morgan fingerprint density at radius 1 is 1.29 bits per heavy atom. The Balaban J connectivity index is 2.91. The summed E-state index contributed by atoms with van der Waals surface area (Å²) in [7, 11) is 0. The predicted octanol–water partition coefficient (Wildman–Crippen LogP) is 3.42. The lowest BCUT2D eigenvalue weighted by atomic mass is 10.3. The van der Waals surface area contributed by atoms with Gasteiger partial charge in [-0.3, -0.25) is 0 Å². The van der Waals surface area contributed by atoms with Crippen LogP contribution in [0.25, 0.3) is 0 Å². The summed E-state index contributed by atoms with van der Waals surface area (Å²) in [5.41, 5.74) is -0.355. The van der Waals surface area contributed by atoms with Crippen LogP contribution < -0.4 is 5.32 Å². The molecule has 1 aromatic carbocycles. The highest BCUT2D eigenvalue weighted by atomic mass is 79.9. The molecule has 0 aliphatic carbocycles. The molecule has 1 N–H and O–H groups in total. The van der Waals surface area contributed by atoms with Crippen LogP contribution >= 0.6 is 15.9 Å². The minimum absolute atomic E-state index is 0.166. The quantitative estimate of drug-likeness (QED) is 0.883. The molecule has 1 aromatic rings. The number of rotatable bonds is 3. The van der Waals surface area contributed by atoms with E-state index in [-0.39, 0.29) is 12.2 Å². The fourth-order valence-corrected chi connectivity index (χ4v) is 1.04. The van der Waals surface area contributed by atoms with Crippen LogP contribution in [0.2, 0.25) is 0 Å². The molecule has 0 saturated carbocycles. The molecule has 0 aliphatic rings. The number of anilines is 1. The van der Waals surface area contributed by atoms with Gasteiger partial charge in [0.25, 0.3) is 0 Å². The van der Waals surface area contributed by atoms with Gasteiger partial charge in [-0.1, -0.05) is 22.5 Å². The van der Waals surface area contributed by atoms with Crippen molar-refractivity contribution < 1.29 is 13.2 Å². The molecule has 76 valence electrons. The van der Waals surface area contributed by atoms with E-state index >= 15 is 0 Å². The van der Waals surface area contributed by atoms with Crippen molar-refractivity contribution in [2.24, 2.45) is 0 Å². The topological polar surface area (TPSA) is 12.0 Å². The molecular formula is C9H7BrF3N. The molecule has 0 heterocycles. The second-order valence-electron chi connectivity index (χ2n) is 2.62. The standard InChI is InChI=1S/C9H7BrF3N/c1-5(10)4-14-9-7(12)2-6(11)3-8(9)13/h2-3,14H,1,4H2. The number of benzene rings is 1. The molecule has 1 nitrogen and oxygen atoms in total. The lowest BCUT2D eigenvalue weighted by molar-refractivity contribution is 0.548. The van der Waals surface area contributed by atoms with Crippen molar-refractivity contribution in [2.45, 2.75) is 0 Å². The van der Waals surface area contributed by atoms with Crippen LogP contribution in [0.15, 0.2) is 23.2 Å². The molecule has 0 radical (unpaired) electrons. The first-order valence-electron chi connectivity index (χ1n) is 3.72. The van der Waals surface area contributed by atoms with Gasteiger partial charge < -0.3 is 5.32 Å². The summed E-state index contributed by atoms with van der Waals surface area (Å²) >= 11 is 3.02. The van der Waals surface area contributed by atoms with Crippen molar-refractivity contribution in [1.29, 1.82) is 0 Å². The van der Waals surface area contributed by atoms with Crippen LogP contribution in [0.4, 0.5) is 18.9 Å². The average molecular weight is 266 g/mol. The highest BCUT2D eigenvalue weighted by Crippen LogP contribution is 2.20. The van der Waals surface area contributed by atoms with Crippen LogP contribution in [-0.4, -0.2) is 6.54 Å². The van der Waals surface area contributed by atoms with E-state index in [4.69, 9.17) is 0 Å². The van der Waals surface area contributed by atoms with E-state index in [1.165, 1.54) is 0 Å². The third-order valence-electron chi connectivity index (χ3n) is 1.46. The number of hydrogen-bond acceptors (Lipinski definition) is 1. The number of halogens is 4. The highest BCUT2D eigenvalue weighted by molar-refractivity contribution is 9.11. The lowest BCUT2D eigenvalue weighted by Crippen LogP contribution is -2.05. The zero-order chi connectivity index (χ0) is 10.7. The molecule has 0 spiro atoms. The van der Waals surface area contributed by atoms with Gasteiger partial charge in [0, 0.05) is 23.2 Å². The summed E-state index contributed by atoms with van der Waals surface area (Å²) in [6, 6.07) is 1.23. The minimum Gasteiger partial charge on any atom is -0.376 e. The summed E-state index contributed by atoms with van der Waals surface area (Å²) in [4.78, 5) is 0. The molecule has 1 rings (SSSR count). The molecular weight excluding hydrogens is 259 g/mol. The van der Waals surface area contributed by atoms with E-state index in [0.29, 0.717) is 16.6 Å². The number of nitrogens with one attached hydrogen (secondary N) is 1. The lowest BCUT2D eigenvalue weighted by Gasteiger charge is -2.07. The molecule has 0 amide bonds. The number of hydrogen-bond donors (Lipinski definition) is 1. The van der Waals surface area contributed by atoms with Crippen molar-refractivity contribution in [3.05, 3.63) is 40.6 Å². The van der Waals surface area contributed by atoms with Crippen LogP contribution in [0.3, 0.4) is 0 Å². The first-order chi connectivity index (χ1) is 6.50. The van der Waals surface area contributed by atoms with Crippen molar-refractivity contribution in [3.8, 4) is 0 Å². The van der Waals surface area contributed by atoms with Crippen LogP contribution in [-0.2, 0) is 0 Å². The third kappa shape index (κ3) is 2.77. The van der Waals surface area contributed by atoms with Crippen molar-refractivity contribution >= 4 is 21.6 Å². The zero-order valence-corrected chi connectivity index (χ0v) is 8.67. The van der Waals surface area contributed by atoms with Gasteiger partial charge >= 0.3 is 0 Å². The largest absolute Gasteiger partial charge is 0.376 e. The van der Waals surface area contributed by atoms with Crippen LogP contribution in [0, 0.1) is 17.5 Å². The molecule has 0 unspecified atom stereocenters. The second kappa shape index (κ2) is 4.50. The van der Waals surface area contributed by atoms with E-state index in [1.807, 2.05) is 0 Å². The SMILES string of the molecule is C=C(Br)CNc1c(F)cc(F)cc1F. The Kier molecular flexibility index (Phi) is 3.57. The van der Waals surface area contributed by atoms with E-state index < -0.39 is 17.5 Å². The molecule has 0 saturated heterocycles. The van der Waals surface area contributed by atoms with Gasteiger partial charge in [0.15, 0.2) is 11.6 Å². The van der Waals surface area contributed by atoms with E-state index in [2.05, 4.69) is 27.8 Å². The molecule has 0 atom stereocenters. The van der Waals surface area contributed by atoms with Crippen molar-refractivity contribution in [2.75, 3.05) is 11.9 Å². The van der Waals surface area contributed by atoms with Gasteiger partial charge in [0.1, 0.15) is 11.5 Å². The summed E-state index contributed by atoms with van der Waals surface area (Å²) in [6.07, 6.45) is 0. The summed E-state index contributed by atoms with van der Waals surface area (Å²) < 4.78 is 39.0. The van der Waals surface area contributed by atoms with Crippen molar-refractivity contribution in [1.82, 2.24) is 0 Å². The predicted molar refractivity (Wildman–Crippen MR) is 52.9 cm³/mol. The maximum atomic E-state index is 13.0. The van der Waals surface area contributed by atoms with E-state index in [0.717, 1.165) is 0 Å². The first kappa shape index (κ1) is 11.1. The Labute approximate surface area is 87.8 Å². The smallest absolute Gasteiger partial charge is 0.152 e. The van der Waals surface area contributed by atoms with Gasteiger partial charge in [-0.05, 0) is 0 Å². The Morgan fingerprint density at radius 3 is 2.21 bits per heavy atom. The van der Waals surface area contributed by atoms with Gasteiger partial charge in [-0.25, -0.2) is 13.2 Å². The van der Waals surface area contributed by atoms with E-state index in [1.54, 1.807) is 0 Å². The first-order valence-corrected chi connectivity index (χ1v) is 4.51. The fourth-order valence-electron chi connectivity index (χ4n) is 0.895. The maximum Gasteiger partial charge on any atom is 0.152 e. The molecule has 0 aliphatic heterocycles. The summed E-state index contributed by atoms with van der Waals surface area (Å²) in [6.45, 7) is 3.65. The van der Waals surface area contributed by atoms with E-state index in [9.17, 15) is 13.2 Å². The monoisotopic (exact) mass is 265 g/mol. The normalized spacial score (nSPS) is 10.0. The maximum absolute atomic E-state index is 13.0. The average Bonchev–Trinajstić information content (AvgIpc) is 2.01. The van der Waals surface area contributed by atoms with Crippen LogP contribution in [0.1, 0.15) is 0 Å². The van der Waals surface area contributed by atoms with Gasteiger partial charge in [0.2, 0.25) is 0 Å². The van der Waals surface area contributed by atoms with Gasteiger partial charge in [-0.2, -0.15) is 0 Å². The molecule has 0 bridgehead atoms. The highest BCUT2D eigenvalue weighted by Gasteiger charge is 2.10. The third-order valence-corrected chi connectivity index (χ3v) is 1.74. The Bertz CT molecular complexity index is 342. The summed E-state index contributed by atoms with van der Waals surface area (Å²) in [5.74, 6) is -2.87. The summed E-state index contributed by atoms with van der Waals surface area (Å²) in [5, 5.41) is 2.44. The fraction of sp³-hybridized carbons (Fsp3) is 0.111. The van der Waals surface area contributed by atoms with Crippen LogP contribution in [0.5, 0.6) is 0 Å². The van der Waals surface area contributed by atoms with Crippen molar-refractivity contribution in [3.63, 3.8) is 0 Å².